The summed E-state index contributed by atoms with van der Waals surface area (Å²) in [6, 6.07) is -0.493. The molecule has 0 saturated heterocycles. The monoisotopic (exact) mass is 473 g/mol. The Bertz CT molecular complexity index is 1210. The highest BCUT2D eigenvalue weighted by Crippen LogP contribution is 2.32. The third-order valence-electron chi connectivity index (χ3n) is 6.31. The Morgan fingerprint density at radius 2 is 2.23 bits per heavy atom. The summed E-state index contributed by atoms with van der Waals surface area (Å²) in [7, 11) is 1.81. The quantitative estimate of drug-likeness (QED) is 0.337. The van der Waals surface area contributed by atoms with Gasteiger partial charge < -0.3 is 10.4 Å². The van der Waals surface area contributed by atoms with Crippen LogP contribution in [0.5, 0.6) is 0 Å². The van der Waals surface area contributed by atoms with Crippen LogP contribution in [0.4, 0.5) is 0 Å². The zero-order valence-electron chi connectivity index (χ0n) is 19.8. The molecule has 0 aromatic carbocycles. The Morgan fingerprint density at radius 3 is 2.94 bits per heavy atom. The fraction of sp³-hybridized carbons (Fsp3) is 0.296. The van der Waals surface area contributed by atoms with E-state index in [0.717, 1.165) is 41.5 Å². The number of carbonyl (C=O) groups is 1. The van der Waals surface area contributed by atoms with Crippen LogP contribution >= 0.6 is 0 Å². The fourth-order valence-electron chi connectivity index (χ4n) is 4.40. The van der Waals surface area contributed by atoms with Gasteiger partial charge in [0.2, 0.25) is 0 Å². The van der Waals surface area contributed by atoms with Crippen LogP contribution in [0.3, 0.4) is 0 Å². The van der Waals surface area contributed by atoms with Crippen LogP contribution in [0.15, 0.2) is 95.1 Å². The number of hydrogen-bond donors (Lipinski definition) is 4. The molecule has 2 aliphatic carbocycles. The van der Waals surface area contributed by atoms with Crippen molar-refractivity contribution < 1.29 is 15.1 Å². The number of nitrogens with one attached hydrogen (secondary N) is 2. The van der Waals surface area contributed by atoms with Crippen molar-refractivity contribution in [2.75, 3.05) is 0 Å². The number of fused-ring (bicyclic) bond motifs is 1. The van der Waals surface area contributed by atoms with Crippen LogP contribution in [-0.2, 0) is 11.8 Å². The molecule has 4 N–H and O–H groups in total. The minimum atomic E-state index is -0.371. The Morgan fingerprint density at radius 1 is 1.37 bits per heavy atom. The summed E-state index contributed by atoms with van der Waals surface area (Å²) < 4.78 is 1.66. The molecule has 1 aromatic rings. The normalized spacial score (nSPS) is 22.3. The molecule has 2 heterocycles. The van der Waals surface area contributed by atoms with Gasteiger partial charge in [0.15, 0.2) is 0 Å². The largest absolute Gasteiger partial charge is 0.510 e. The van der Waals surface area contributed by atoms with Crippen LogP contribution in [0, 0.1) is 0 Å². The number of aliphatic imine (C=N–C) groups is 1. The van der Waals surface area contributed by atoms with Gasteiger partial charge in [-0.2, -0.15) is 5.10 Å². The lowest BCUT2D eigenvalue weighted by molar-refractivity contribution is -0.115. The Labute approximate surface area is 205 Å². The minimum absolute atomic E-state index is 0.122. The third kappa shape index (κ3) is 5.78. The van der Waals surface area contributed by atoms with E-state index in [1.165, 1.54) is 0 Å². The number of rotatable bonds is 8. The van der Waals surface area contributed by atoms with E-state index in [2.05, 4.69) is 22.5 Å². The van der Waals surface area contributed by atoms with Crippen molar-refractivity contribution >= 4 is 17.3 Å². The SMILES string of the molecule is C=C/C(=C\C=C(/NO)c1cnn(C)c1)CC1=CC(C(=O)N[C@H]2CCCC=C2O)=NC2CC=CC=C12. The van der Waals surface area contributed by atoms with Crippen LogP contribution in [0.2, 0.25) is 0 Å². The second kappa shape index (κ2) is 11.0. The number of aromatic nitrogens is 2. The van der Waals surface area contributed by atoms with E-state index in [4.69, 9.17) is 4.99 Å². The molecule has 1 aliphatic heterocycles. The summed E-state index contributed by atoms with van der Waals surface area (Å²) in [5.41, 5.74) is 6.82. The van der Waals surface area contributed by atoms with Crippen LogP contribution in [-0.4, -0.2) is 43.8 Å². The molecule has 0 fully saturated rings. The molecular formula is C27H31N5O3. The van der Waals surface area contributed by atoms with Gasteiger partial charge in [-0.25, -0.2) is 0 Å². The van der Waals surface area contributed by atoms with E-state index >= 15 is 0 Å². The summed E-state index contributed by atoms with van der Waals surface area (Å²) in [4.78, 5) is 17.8. The van der Waals surface area contributed by atoms with E-state index in [0.29, 0.717) is 24.3 Å². The average Bonchev–Trinajstić information content (AvgIpc) is 3.30. The Hall–Kier alpha value is -3.91. The minimum Gasteiger partial charge on any atom is -0.510 e. The molecule has 0 bridgehead atoms. The number of aliphatic hydroxyl groups excluding tert-OH is 1. The van der Waals surface area contributed by atoms with Crippen molar-refractivity contribution in [3.05, 3.63) is 95.6 Å². The van der Waals surface area contributed by atoms with Crippen molar-refractivity contribution in [1.29, 1.82) is 0 Å². The lowest BCUT2D eigenvalue weighted by Crippen LogP contribution is -2.42. The first kappa shape index (κ1) is 24.2. The first-order chi connectivity index (χ1) is 17.0. The highest BCUT2D eigenvalue weighted by molar-refractivity contribution is 6.44. The van der Waals surface area contributed by atoms with Crippen LogP contribution < -0.4 is 10.8 Å². The van der Waals surface area contributed by atoms with Gasteiger partial charge in [-0.1, -0.05) is 37.0 Å². The van der Waals surface area contributed by atoms with E-state index < -0.39 is 0 Å². The highest BCUT2D eigenvalue weighted by Gasteiger charge is 2.28. The van der Waals surface area contributed by atoms with Crippen molar-refractivity contribution in [2.24, 2.45) is 12.0 Å². The van der Waals surface area contributed by atoms with E-state index in [-0.39, 0.29) is 23.8 Å². The molecule has 8 nitrogen and oxygen atoms in total. The van der Waals surface area contributed by atoms with Crippen molar-refractivity contribution in [1.82, 2.24) is 20.6 Å². The standard InChI is InChI=1S/C27H31N5O3/c1-3-18(12-13-22(31-35)20-16-28-32(2)17-20)14-19-15-25(29-23-9-5-4-8-21(19)23)27(34)30-24-10-6-7-11-26(24)33/h3-5,8,11-13,15-17,23-24,31,33,35H,1,6-7,9-10,14H2,2H3,(H,30,34)/b18-12+,22-13-/t23?,24-/m0/s1. The summed E-state index contributed by atoms with van der Waals surface area (Å²) >= 11 is 0. The molecule has 8 heteroatoms. The maximum absolute atomic E-state index is 13.0. The summed E-state index contributed by atoms with van der Waals surface area (Å²) in [6.45, 7) is 3.95. The lowest BCUT2D eigenvalue weighted by atomic mass is 9.85. The van der Waals surface area contributed by atoms with Gasteiger partial charge in [0.25, 0.3) is 5.91 Å². The predicted octanol–water partition coefficient (Wildman–Crippen LogP) is 3.99. The number of nitrogens with zero attached hydrogens (tertiary/aromatic N) is 3. The van der Waals surface area contributed by atoms with E-state index in [1.54, 1.807) is 35.3 Å². The number of amides is 1. The predicted molar refractivity (Wildman–Crippen MR) is 137 cm³/mol. The van der Waals surface area contributed by atoms with Gasteiger partial charge in [-0.05, 0) is 67.1 Å². The van der Waals surface area contributed by atoms with Crippen molar-refractivity contribution in [3.8, 4) is 0 Å². The topological polar surface area (TPSA) is 112 Å². The summed E-state index contributed by atoms with van der Waals surface area (Å²) in [5, 5.41) is 26.8. The number of dihydropyridines is 1. The van der Waals surface area contributed by atoms with Gasteiger partial charge in [0, 0.05) is 18.8 Å². The molecule has 35 heavy (non-hydrogen) atoms. The first-order valence-electron chi connectivity index (χ1n) is 11.8. The van der Waals surface area contributed by atoms with E-state index in [9.17, 15) is 15.1 Å². The smallest absolute Gasteiger partial charge is 0.270 e. The fourth-order valence-corrected chi connectivity index (χ4v) is 4.40. The van der Waals surface area contributed by atoms with E-state index in [1.807, 2.05) is 37.4 Å². The number of hydroxylamine groups is 1. The maximum Gasteiger partial charge on any atom is 0.270 e. The Balaban J connectivity index is 1.58. The zero-order chi connectivity index (χ0) is 24.8. The number of allylic oxidation sites excluding steroid dienone is 7. The van der Waals surface area contributed by atoms with Crippen LogP contribution in [0.1, 0.15) is 37.7 Å². The van der Waals surface area contributed by atoms with Gasteiger partial charge in [-0.3, -0.25) is 25.2 Å². The second-order valence-electron chi connectivity index (χ2n) is 8.79. The summed E-state index contributed by atoms with van der Waals surface area (Å²) in [5.74, 6) is -0.0627. The zero-order valence-corrected chi connectivity index (χ0v) is 19.8. The number of aryl methyl sites for hydroxylation is 1. The van der Waals surface area contributed by atoms with Gasteiger partial charge in [0.05, 0.1) is 24.0 Å². The number of aliphatic hydroxyl groups is 1. The average molecular weight is 474 g/mol. The molecule has 1 aromatic heterocycles. The highest BCUT2D eigenvalue weighted by atomic mass is 16.5. The molecule has 3 aliphatic rings. The first-order valence-corrected chi connectivity index (χ1v) is 11.8. The molecule has 2 atom stereocenters. The van der Waals surface area contributed by atoms with Crippen molar-refractivity contribution in [3.63, 3.8) is 0 Å². The van der Waals surface area contributed by atoms with Gasteiger partial charge in [-0.15, -0.1) is 0 Å². The Kier molecular flexibility index (Phi) is 7.62. The molecule has 0 radical (unpaired) electrons. The molecular weight excluding hydrogens is 442 g/mol. The van der Waals surface area contributed by atoms with Gasteiger partial charge >= 0.3 is 0 Å². The molecule has 0 spiro atoms. The lowest BCUT2D eigenvalue weighted by Gasteiger charge is -2.27. The molecule has 0 saturated carbocycles. The molecule has 182 valence electrons. The molecule has 4 rings (SSSR count). The summed E-state index contributed by atoms with van der Waals surface area (Å²) in [6.07, 6.45) is 22.3. The van der Waals surface area contributed by atoms with Gasteiger partial charge in [0.1, 0.15) is 11.5 Å². The molecule has 1 unspecified atom stereocenters. The third-order valence-corrected chi connectivity index (χ3v) is 6.31. The number of carbonyl (C=O) groups excluding carboxylic acids is 1. The number of hydrogen-bond acceptors (Lipinski definition) is 6. The van der Waals surface area contributed by atoms with Crippen molar-refractivity contribution in [2.45, 2.75) is 44.2 Å². The maximum atomic E-state index is 13.0. The second-order valence-corrected chi connectivity index (χ2v) is 8.79. The molecule has 1 amide bonds. The van der Waals surface area contributed by atoms with Crippen LogP contribution in [0.25, 0.3) is 5.70 Å².